The Morgan fingerprint density at radius 3 is 2.59 bits per heavy atom. The van der Waals surface area contributed by atoms with Gasteiger partial charge in [0.25, 0.3) is 0 Å². The van der Waals surface area contributed by atoms with Crippen molar-refractivity contribution in [1.29, 1.82) is 0 Å². The molecule has 2 aromatic carbocycles. The maximum Gasteiger partial charge on any atom is 0.195 e. The standard InChI is InChI=1S/C18H14ClNO2/c1-22-15-4-2-3-13(9-15)16-10-20-11-17(16)18(21)12-5-7-14(19)8-6-12/h2-11,20H,1H3. The molecule has 3 nitrogen and oxygen atoms in total. The van der Waals surface area contributed by atoms with E-state index in [4.69, 9.17) is 16.3 Å². The molecule has 0 radical (unpaired) electrons. The van der Waals surface area contributed by atoms with E-state index < -0.39 is 0 Å². The maximum absolute atomic E-state index is 12.7. The minimum Gasteiger partial charge on any atom is -0.497 e. The highest BCUT2D eigenvalue weighted by molar-refractivity contribution is 6.30. The molecule has 1 N–H and O–H groups in total. The molecule has 3 rings (SSSR count). The van der Waals surface area contributed by atoms with E-state index in [0.29, 0.717) is 16.1 Å². The molecule has 0 saturated carbocycles. The van der Waals surface area contributed by atoms with Gasteiger partial charge in [0.2, 0.25) is 0 Å². The summed E-state index contributed by atoms with van der Waals surface area (Å²) in [6.45, 7) is 0. The highest BCUT2D eigenvalue weighted by atomic mass is 35.5. The Balaban J connectivity index is 2.01. The van der Waals surface area contributed by atoms with Crippen LogP contribution < -0.4 is 4.74 Å². The number of nitrogens with one attached hydrogen (secondary N) is 1. The van der Waals surface area contributed by atoms with Gasteiger partial charge >= 0.3 is 0 Å². The van der Waals surface area contributed by atoms with E-state index in [0.717, 1.165) is 16.9 Å². The second-order valence-corrected chi connectivity index (χ2v) is 5.29. The highest BCUT2D eigenvalue weighted by Gasteiger charge is 2.16. The molecular formula is C18H14ClNO2. The zero-order chi connectivity index (χ0) is 15.5. The number of rotatable bonds is 4. The van der Waals surface area contributed by atoms with E-state index in [2.05, 4.69) is 4.98 Å². The van der Waals surface area contributed by atoms with E-state index >= 15 is 0 Å². The minimum absolute atomic E-state index is 0.0456. The first-order valence-corrected chi connectivity index (χ1v) is 7.18. The van der Waals surface area contributed by atoms with Crippen LogP contribution in [0, 0.1) is 0 Å². The Labute approximate surface area is 133 Å². The summed E-state index contributed by atoms with van der Waals surface area (Å²) in [5.41, 5.74) is 3.00. The van der Waals surface area contributed by atoms with Crippen molar-refractivity contribution < 1.29 is 9.53 Å². The number of halogens is 1. The molecule has 0 fully saturated rings. The summed E-state index contributed by atoms with van der Waals surface area (Å²) in [5, 5.41) is 0.610. The Morgan fingerprint density at radius 2 is 1.86 bits per heavy atom. The molecule has 3 aromatic rings. The van der Waals surface area contributed by atoms with Crippen LogP contribution in [0.3, 0.4) is 0 Å². The summed E-state index contributed by atoms with van der Waals surface area (Å²) in [7, 11) is 1.62. The first-order chi connectivity index (χ1) is 10.7. The predicted molar refractivity (Wildman–Crippen MR) is 87.7 cm³/mol. The number of ether oxygens (including phenoxy) is 1. The van der Waals surface area contributed by atoms with Gasteiger partial charge in [-0.25, -0.2) is 0 Å². The molecule has 0 aliphatic heterocycles. The fraction of sp³-hybridized carbons (Fsp3) is 0.0556. The third-order valence-electron chi connectivity index (χ3n) is 3.48. The van der Waals surface area contributed by atoms with Crippen LogP contribution in [0.15, 0.2) is 60.9 Å². The van der Waals surface area contributed by atoms with Gasteiger partial charge in [-0.2, -0.15) is 0 Å². The van der Waals surface area contributed by atoms with Gasteiger partial charge < -0.3 is 9.72 Å². The maximum atomic E-state index is 12.7. The zero-order valence-electron chi connectivity index (χ0n) is 12.0. The summed E-state index contributed by atoms with van der Waals surface area (Å²) < 4.78 is 5.24. The molecule has 0 amide bonds. The molecule has 0 bridgehead atoms. The van der Waals surface area contributed by atoms with Crippen LogP contribution >= 0.6 is 11.6 Å². The summed E-state index contributed by atoms with van der Waals surface area (Å²) in [4.78, 5) is 15.7. The molecule has 1 heterocycles. The SMILES string of the molecule is COc1cccc(-c2c[nH]cc2C(=O)c2ccc(Cl)cc2)c1. The van der Waals surface area contributed by atoms with Crippen molar-refractivity contribution in [3.05, 3.63) is 77.1 Å². The lowest BCUT2D eigenvalue weighted by atomic mass is 9.98. The average Bonchev–Trinajstić information content (AvgIpc) is 3.04. The molecule has 22 heavy (non-hydrogen) atoms. The molecule has 0 aliphatic rings. The van der Waals surface area contributed by atoms with Gasteiger partial charge in [-0.1, -0.05) is 23.7 Å². The van der Waals surface area contributed by atoms with E-state index in [1.165, 1.54) is 0 Å². The largest absolute Gasteiger partial charge is 0.497 e. The number of aromatic nitrogens is 1. The second kappa shape index (κ2) is 6.08. The fourth-order valence-corrected chi connectivity index (χ4v) is 2.46. The normalized spacial score (nSPS) is 10.5. The first kappa shape index (κ1) is 14.4. The summed E-state index contributed by atoms with van der Waals surface area (Å²) >= 11 is 5.87. The predicted octanol–water partition coefficient (Wildman–Crippen LogP) is 4.57. The Kier molecular flexibility index (Phi) is 3.98. The molecule has 0 atom stereocenters. The van der Waals surface area contributed by atoms with Gasteiger partial charge in [0.1, 0.15) is 5.75 Å². The van der Waals surface area contributed by atoms with E-state index in [9.17, 15) is 4.79 Å². The molecule has 0 saturated heterocycles. The van der Waals surface area contributed by atoms with Crippen molar-refractivity contribution in [1.82, 2.24) is 4.98 Å². The zero-order valence-corrected chi connectivity index (χ0v) is 12.7. The number of hydrogen-bond donors (Lipinski definition) is 1. The number of H-pyrrole nitrogens is 1. The van der Waals surface area contributed by atoms with Gasteiger partial charge in [-0.05, 0) is 42.0 Å². The molecule has 110 valence electrons. The third-order valence-corrected chi connectivity index (χ3v) is 3.73. The van der Waals surface area contributed by atoms with Crippen LogP contribution in [-0.4, -0.2) is 17.9 Å². The Hall–Kier alpha value is -2.52. The molecule has 0 spiro atoms. The van der Waals surface area contributed by atoms with Crippen molar-refractivity contribution >= 4 is 17.4 Å². The Morgan fingerprint density at radius 1 is 1.09 bits per heavy atom. The first-order valence-electron chi connectivity index (χ1n) is 6.80. The van der Waals surface area contributed by atoms with Crippen molar-refractivity contribution in [2.24, 2.45) is 0 Å². The molecular weight excluding hydrogens is 298 g/mol. The monoisotopic (exact) mass is 311 g/mol. The second-order valence-electron chi connectivity index (χ2n) is 4.85. The third kappa shape index (κ3) is 2.76. The van der Waals surface area contributed by atoms with Crippen molar-refractivity contribution in [2.45, 2.75) is 0 Å². The van der Waals surface area contributed by atoms with Gasteiger partial charge in [0.05, 0.1) is 7.11 Å². The van der Waals surface area contributed by atoms with Crippen LogP contribution in [-0.2, 0) is 0 Å². The lowest BCUT2D eigenvalue weighted by Gasteiger charge is -2.06. The lowest BCUT2D eigenvalue weighted by molar-refractivity contribution is 0.103. The number of carbonyl (C=O) groups is 1. The van der Waals surface area contributed by atoms with E-state index in [1.54, 1.807) is 37.6 Å². The van der Waals surface area contributed by atoms with Crippen LogP contribution in [0.1, 0.15) is 15.9 Å². The van der Waals surface area contributed by atoms with Gasteiger partial charge in [0.15, 0.2) is 5.78 Å². The van der Waals surface area contributed by atoms with Gasteiger partial charge in [-0.15, -0.1) is 0 Å². The van der Waals surface area contributed by atoms with Gasteiger partial charge in [-0.3, -0.25) is 4.79 Å². The van der Waals surface area contributed by atoms with Crippen molar-refractivity contribution in [3.8, 4) is 16.9 Å². The van der Waals surface area contributed by atoms with Crippen LogP contribution in [0.5, 0.6) is 5.75 Å². The van der Waals surface area contributed by atoms with Gasteiger partial charge in [0, 0.05) is 34.1 Å². The number of methoxy groups -OCH3 is 1. The molecule has 1 aromatic heterocycles. The lowest BCUT2D eigenvalue weighted by Crippen LogP contribution is -2.01. The number of ketones is 1. The van der Waals surface area contributed by atoms with Crippen LogP contribution in [0.25, 0.3) is 11.1 Å². The molecule has 0 aliphatic carbocycles. The quantitative estimate of drug-likeness (QED) is 0.717. The average molecular weight is 312 g/mol. The number of benzene rings is 2. The van der Waals surface area contributed by atoms with E-state index in [1.807, 2.05) is 30.5 Å². The summed E-state index contributed by atoms with van der Waals surface area (Å²) in [5.74, 6) is 0.708. The minimum atomic E-state index is -0.0456. The van der Waals surface area contributed by atoms with E-state index in [-0.39, 0.29) is 5.78 Å². The number of hydrogen-bond acceptors (Lipinski definition) is 2. The number of aromatic amines is 1. The Bertz CT molecular complexity index is 806. The summed E-state index contributed by atoms with van der Waals surface area (Å²) in [6, 6.07) is 14.5. The van der Waals surface area contributed by atoms with Crippen LogP contribution in [0.4, 0.5) is 0 Å². The topological polar surface area (TPSA) is 42.1 Å². The van der Waals surface area contributed by atoms with Crippen LogP contribution in [0.2, 0.25) is 5.02 Å². The van der Waals surface area contributed by atoms with Crippen molar-refractivity contribution in [2.75, 3.05) is 7.11 Å². The fourth-order valence-electron chi connectivity index (χ4n) is 2.34. The van der Waals surface area contributed by atoms with Crippen molar-refractivity contribution in [3.63, 3.8) is 0 Å². The summed E-state index contributed by atoms with van der Waals surface area (Å²) in [6.07, 6.45) is 3.53. The highest BCUT2D eigenvalue weighted by Crippen LogP contribution is 2.28. The molecule has 4 heteroatoms. The smallest absolute Gasteiger partial charge is 0.195 e. The molecule has 0 unspecified atom stereocenters. The number of carbonyl (C=O) groups excluding carboxylic acids is 1.